The summed E-state index contributed by atoms with van der Waals surface area (Å²) in [6.45, 7) is 0.753. The van der Waals surface area contributed by atoms with Gasteiger partial charge in [0.1, 0.15) is 5.75 Å². The Labute approximate surface area is 137 Å². The van der Waals surface area contributed by atoms with Gasteiger partial charge in [0.15, 0.2) is 0 Å². The summed E-state index contributed by atoms with van der Waals surface area (Å²) >= 11 is 9.71. The van der Waals surface area contributed by atoms with Crippen molar-refractivity contribution in [2.45, 2.75) is 6.54 Å². The lowest BCUT2D eigenvalue weighted by Gasteiger charge is -2.09. The summed E-state index contributed by atoms with van der Waals surface area (Å²) in [7, 11) is 1.65. The van der Waals surface area contributed by atoms with E-state index < -0.39 is 0 Å². The quantitative estimate of drug-likeness (QED) is 0.641. The van der Waals surface area contributed by atoms with Crippen LogP contribution >= 0.6 is 34.3 Å². The lowest BCUT2D eigenvalue weighted by atomic mass is 10.2. The Morgan fingerprint density at radius 2 is 2.10 bits per heavy atom. The van der Waals surface area contributed by atoms with Crippen molar-refractivity contribution in [1.82, 2.24) is 0 Å². The van der Waals surface area contributed by atoms with Gasteiger partial charge >= 0.3 is 0 Å². The molecule has 1 N–H and O–H groups in total. The molecule has 108 valence electrons. The van der Waals surface area contributed by atoms with E-state index in [2.05, 4.69) is 34.3 Å². The number of hydrogen-bond donors (Lipinski definition) is 1. The van der Waals surface area contributed by atoms with E-state index in [1.54, 1.807) is 29.8 Å². The minimum Gasteiger partial charge on any atom is -0.497 e. The van der Waals surface area contributed by atoms with Crippen LogP contribution in [0.1, 0.15) is 4.88 Å². The molecule has 3 aromatic rings. The molecule has 0 aliphatic heterocycles. The molecular formula is C16H14ClNOS2. The molecule has 0 amide bonds. The summed E-state index contributed by atoms with van der Waals surface area (Å²) in [6.07, 6.45) is 0. The van der Waals surface area contributed by atoms with Crippen LogP contribution in [0.4, 0.5) is 5.69 Å². The maximum Gasteiger partial charge on any atom is 0.121 e. The summed E-state index contributed by atoms with van der Waals surface area (Å²) in [5, 5.41) is 8.35. The Balaban J connectivity index is 1.71. The number of hydrogen-bond acceptors (Lipinski definition) is 4. The van der Waals surface area contributed by atoms with Gasteiger partial charge in [-0.3, -0.25) is 0 Å². The second-order valence-corrected chi connectivity index (χ2v) is 6.83. The number of nitrogens with one attached hydrogen (secondary N) is 1. The van der Waals surface area contributed by atoms with Gasteiger partial charge in [0.2, 0.25) is 0 Å². The summed E-state index contributed by atoms with van der Waals surface area (Å²) in [6, 6.07) is 12.0. The van der Waals surface area contributed by atoms with Crippen LogP contribution in [0, 0.1) is 0 Å². The smallest absolute Gasteiger partial charge is 0.121 e. The first-order valence-electron chi connectivity index (χ1n) is 6.45. The van der Waals surface area contributed by atoms with E-state index in [0.717, 1.165) is 18.0 Å². The Morgan fingerprint density at radius 1 is 1.19 bits per heavy atom. The summed E-state index contributed by atoms with van der Waals surface area (Å²) < 4.78 is 5.22. The fourth-order valence-electron chi connectivity index (χ4n) is 1.99. The van der Waals surface area contributed by atoms with Gasteiger partial charge in [0.25, 0.3) is 0 Å². The van der Waals surface area contributed by atoms with Crippen molar-refractivity contribution in [1.29, 1.82) is 0 Å². The summed E-state index contributed by atoms with van der Waals surface area (Å²) in [5.74, 6) is 0.798. The topological polar surface area (TPSA) is 21.3 Å². The van der Waals surface area contributed by atoms with Crippen LogP contribution in [0.25, 0.3) is 10.4 Å². The fraction of sp³-hybridized carbons (Fsp3) is 0.125. The Morgan fingerprint density at radius 3 is 2.86 bits per heavy atom. The molecule has 0 atom stereocenters. The van der Waals surface area contributed by atoms with Crippen molar-refractivity contribution in [2.24, 2.45) is 0 Å². The average Bonchev–Trinajstić information content (AvgIpc) is 3.17. The highest BCUT2D eigenvalue weighted by atomic mass is 35.5. The molecule has 2 aromatic heterocycles. The molecule has 0 bridgehead atoms. The number of thiophene rings is 2. The number of ether oxygens (including phenoxy) is 1. The minimum absolute atomic E-state index is 0.700. The van der Waals surface area contributed by atoms with E-state index in [1.165, 1.54) is 15.3 Å². The Kier molecular flexibility index (Phi) is 4.48. The number of anilines is 1. The summed E-state index contributed by atoms with van der Waals surface area (Å²) in [4.78, 5) is 2.58. The van der Waals surface area contributed by atoms with Crippen LogP contribution in [0.3, 0.4) is 0 Å². The normalized spacial score (nSPS) is 10.6. The van der Waals surface area contributed by atoms with Crippen molar-refractivity contribution >= 4 is 40.0 Å². The monoisotopic (exact) mass is 335 g/mol. The number of halogens is 1. The van der Waals surface area contributed by atoms with Gasteiger partial charge in [-0.2, -0.15) is 0 Å². The fourth-order valence-corrected chi connectivity index (χ4v) is 3.79. The lowest BCUT2D eigenvalue weighted by molar-refractivity contribution is 0.415. The average molecular weight is 336 g/mol. The molecule has 0 saturated carbocycles. The Bertz CT molecular complexity index is 722. The zero-order valence-electron chi connectivity index (χ0n) is 11.4. The largest absolute Gasteiger partial charge is 0.497 e. The predicted octanol–water partition coefficient (Wildman–Crippen LogP) is 5.75. The molecule has 0 radical (unpaired) electrons. The molecule has 1 aromatic carbocycles. The van der Waals surface area contributed by atoms with Crippen molar-refractivity contribution < 1.29 is 4.74 Å². The molecule has 5 heteroatoms. The molecule has 0 saturated heterocycles. The van der Waals surface area contributed by atoms with E-state index in [0.29, 0.717) is 5.02 Å². The number of benzene rings is 1. The molecule has 3 rings (SSSR count). The first-order valence-corrected chi connectivity index (χ1v) is 8.58. The van der Waals surface area contributed by atoms with Crippen molar-refractivity contribution in [2.75, 3.05) is 12.4 Å². The summed E-state index contributed by atoms with van der Waals surface area (Å²) in [5.41, 5.74) is 2.17. The molecule has 0 unspecified atom stereocenters. The van der Waals surface area contributed by atoms with Crippen LogP contribution in [-0.2, 0) is 6.54 Å². The predicted molar refractivity (Wildman–Crippen MR) is 93.0 cm³/mol. The minimum atomic E-state index is 0.700. The van der Waals surface area contributed by atoms with Crippen molar-refractivity contribution in [3.05, 3.63) is 57.1 Å². The van der Waals surface area contributed by atoms with Gasteiger partial charge in [0.05, 0.1) is 17.8 Å². The van der Waals surface area contributed by atoms with E-state index in [4.69, 9.17) is 16.3 Å². The Hall–Kier alpha value is -1.49. The molecule has 0 aliphatic carbocycles. The van der Waals surface area contributed by atoms with E-state index in [9.17, 15) is 0 Å². The third-order valence-electron chi connectivity index (χ3n) is 3.09. The van der Waals surface area contributed by atoms with E-state index >= 15 is 0 Å². The van der Waals surface area contributed by atoms with Gasteiger partial charge in [-0.1, -0.05) is 17.7 Å². The SMILES string of the molecule is COc1ccc(Cl)c(NCc2cc(-c3cccs3)cs2)c1. The van der Waals surface area contributed by atoms with Crippen LogP contribution in [0.15, 0.2) is 47.2 Å². The third-order valence-corrected chi connectivity index (χ3v) is 5.27. The van der Waals surface area contributed by atoms with Gasteiger partial charge in [-0.15, -0.1) is 22.7 Å². The first-order chi connectivity index (χ1) is 10.3. The van der Waals surface area contributed by atoms with E-state index in [-0.39, 0.29) is 0 Å². The molecular weight excluding hydrogens is 322 g/mol. The molecule has 2 heterocycles. The van der Waals surface area contributed by atoms with Gasteiger partial charge < -0.3 is 10.1 Å². The number of rotatable bonds is 5. The third kappa shape index (κ3) is 3.40. The maximum atomic E-state index is 6.19. The van der Waals surface area contributed by atoms with Gasteiger partial charge in [0, 0.05) is 27.9 Å². The highest BCUT2D eigenvalue weighted by molar-refractivity contribution is 7.14. The zero-order chi connectivity index (χ0) is 14.7. The molecule has 0 aliphatic rings. The lowest BCUT2D eigenvalue weighted by Crippen LogP contribution is -1.98. The maximum absolute atomic E-state index is 6.19. The highest BCUT2D eigenvalue weighted by Gasteiger charge is 2.06. The van der Waals surface area contributed by atoms with Crippen LogP contribution in [-0.4, -0.2) is 7.11 Å². The van der Waals surface area contributed by atoms with Crippen molar-refractivity contribution in [3.63, 3.8) is 0 Å². The molecule has 0 fully saturated rings. The van der Waals surface area contributed by atoms with Crippen molar-refractivity contribution in [3.8, 4) is 16.2 Å². The van der Waals surface area contributed by atoms with Gasteiger partial charge in [-0.05, 0) is 35.0 Å². The standard InChI is InChI=1S/C16H14ClNOS2/c1-19-12-4-5-14(17)15(8-12)18-9-13-7-11(10-21-13)16-3-2-6-20-16/h2-8,10,18H,9H2,1H3. The molecule has 0 spiro atoms. The van der Waals surface area contributed by atoms with Gasteiger partial charge in [-0.25, -0.2) is 0 Å². The first kappa shape index (κ1) is 14.4. The van der Waals surface area contributed by atoms with Crippen LogP contribution < -0.4 is 10.1 Å². The second kappa shape index (κ2) is 6.52. The molecule has 2 nitrogen and oxygen atoms in total. The highest BCUT2D eigenvalue weighted by Crippen LogP contribution is 2.31. The van der Waals surface area contributed by atoms with Crippen LogP contribution in [0.5, 0.6) is 5.75 Å². The zero-order valence-corrected chi connectivity index (χ0v) is 13.8. The molecule has 21 heavy (non-hydrogen) atoms. The second-order valence-electron chi connectivity index (χ2n) is 4.48. The number of methoxy groups -OCH3 is 1. The van der Waals surface area contributed by atoms with E-state index in [1.807, 2.05) is 18.2 Å². The van der Waals surface area contributed by atoms with Crippen LogP contribution in [0.2, 0.25) is 5.02 Å².